The van der Waals surface area contributed by atoms with Gasteiger partial charge in [-0.25, -0.2) is 0 Å². The Labute approximate surface area is 102 Å². The number of nitrogens with two attached hydrogens (primary N) is 1. The molecular formula is C13H20N2O2. The van der Waals surface area contributed by atoms with Gasteiger partial charge in [-0.05, 0) is 37.8 Å². The van der Waals surface area contributed by atoms with Crippen LogP contribution in [0, 0.1) is 12.8 Å². The number of nitrogens with one attached hydrogen (secondary N) is 1. The summed E-state index contributed by atoms with van der Waals surface area (Å²) in [7, 11) is 0. The van der Waals surface area contributed by atoms with Gasteiger partial charge in [-0.1, -0.05) is 12.8 Å². The Kier molecular flexibility index (Phi) is 3.84. The van der Waals surface area contributed by atoms with Crippen molar-refractivity contribution in [1.82, 2.24) is 5.32 Å². The van der Waals surface area contributed by atoms with Crippen LogP contribution in [0.2, 0.25) is 0 Å². The molecule has 94 valence electrons. The van der Waals surface area contributed by atoms with Crippen LogP contribution in [0.15, 0.2) is 16.5 Å². The third-order valence-electron chi connectivity index (χ3n) is 3.50. The van der Waals surface area contributed by atoms with Crippen molar-refractivity contribution in [3.8, 4) is 0 Å². The topological polar surface area (TPSA) is 68.3 Å². The van der Waals surface area contributed by atoms with Gasteiger partial charge < -0.3 is 15.5 Å². The van der Waals surface area contributed by atoms with Crippen LogP contribution >= 0.6 is 0 Å². The predicted octanol–water partition coefficient (Wildman–Crippen LogP) is 1.84. The molecule has 1 aromatic heterocycles. The van der Waals surface area contributed by atoms with Gasteiger partial charge in [-0.2, -0.15) is 0 Å². The molecule has 0 bridgehead atoms. The minimum atomic E-state index is -0.152. The van der Waals surface area contributed by atoms with Crippen LogP contribution in [-0.4, -0.2) is 18.5 Å². The molecule has 1 heterocycles. The second kappa shape index (κ2) is 5.36. The minimum Gasteiger partial charge on any atom is -0.456 e. The highest BCUT2D eigenvalue weighted by Gasteiger charge is 2.26. The zero-order valence-electron chi connectivity index (χ0n) is 10.2. The monoisotopic (exact) mass is 236 g/mol. The molecule has 17 heavy (non-hydrogen) atoms. The number of rotatable bonds is 4. The first-order chi connectivity index (χ1) is 8.20. The summed E-state index contributed by atoms with van der Waals surface area (Å²) in [6.07, 6.45) is 4.83. The lowest BCUT2D eigenvalue weighted by atomic mass is 9.98. The normalized spacial score (nSPS) is 18.2. The number of hydrogen-bond donors (Lipinski definition) is 2. The Morgan fingerprint density at radius 3 is 2.76 bits per heavy atom. The summed E-state index contributed by atoms with van der Waals surface area (Å²) in [5, 5.41) is 2.98. The van der Waals surface area contributed by atoms with Gasteiger partial charge in [-0.3, -0.25) is 4.79 Å². The smallest absolute Gasteiger partial charge is 0.287 e. The molecule has 0 spiro atoms. The van der Waals surface area contributed by atoms with E-state index in [4.69, 9.17) is 10.2 Å². The van der Waals surface area contributed by atoms with Crippen LogP contribution < -0.4 is 11.1 Å². The fourth-order valence-corrected chi connectivity index (χ4v) is 2.53. The molecule has 1 aliphatic rings. The van der Waals surface area contributed by atoms with Crippen LogP contribution in [0.5, 0.6) is 0 Å². The first-order valence-electron chi connectivity index (χ1n) is 6.28. The van der Waals surface area contributed by atoms with Crippen molar-refractivity contribution >= 4 is 5.91 Å². The van der Waals surface area contributed by atoms with E-state index < -0.39 is 0 Å². The van der Waals surface area contributed by atoms with Gasteiger partial charge in [0.2, 0.25) is 0 Å². The average molecular weight is 236 g/mol. The van der Waals surface area contributed by atoms with E-state index >= 15 is 0 Å². The van der Waals surface area contributed by atoms with Gasteiger partial charge in [0.15, 0.2) is 5.76 Å². The number of carbonyl (C=O) groups is 1. The third-order valence-corrected chi connectivity index (χ3v) is 3.50. The van der Waals surface area contributed by atoms with E-state index in [9.17, 15) is 4.79 Å². The summed E-state index contributed by atoms with van der Waals surface area (Å²) in [5.74, 6) is 1.50. The van der Waals surface area contributed by atoms with Crippen molar-refractivity contribution < 1.29 is 9.21 Å². The lowest BCUT2D eigenvalue weighted by Crippen LogP contribution is -2.44. The van der Waals surface area contributed by atoms with Crippen molar-refractivity contribution in [3.05, 3.63) is 23.7 Å². The molecule has 0 aliphatic heterocycles. The van der Waals surface area contributed by atoms with Crippen molar-refractivity contribution in [2.75, 3.05) is 6.54 Å². The number of aryl methyl sites for hydroxylation is 1. The Bertz CT molecular complexity index is 381. The summed E-state index contributed by atoms with van der Waals surface area (Å²) in [6.45, 7) is 2.32. The zero-order chi connectivity index (χ0) is 12.3. The van der Waals surface area contributed by atoms with Crippen molar-refractivity contribution in [2.24, 2.45) is 11.7 Å². The van der Waals surface area contributed by atoms with Gasteiger partial charge >= 0.3 is 0 Å². The molecule has 1 saturated carbocycles. The molecule has 0 saturated heterocycles. The van der Waals surface area contributed by atoms with Gasteiger partial charge in [0.05, 0.1) is 0 Å². The molecule has 1 fully saturated rings. The molecule has 4 nitrogen and oxygen atoms in total. The average Bonchev–Trinajstić information content (AvgIpc) is 2.96. The molecule has 1 aromatic rings. The highest BCUT2D eigenvalue weighted by atomic mass is 16.3. The summed E-state index contributed by atoms with van der Waals surface area (Å²) in [6, 6.07) is 3.57. The maximum absolute atomic E-state index is 11.9. The van der Waals surface area contributed by atoms with Crippen LogP contribution in [0.4, 0.5) is 0 Å². The lowest BCUT2D eigenvalue weighted by Gasteiger charge is -2.22. The second-order valence-electron chi connectivity index (χ2n) is 4.77. The van der Waals surface area contributed by atoms with Crippen LogP contribution in [0.25, 0.3) is 0 Å². The lowest BCUT2D eigenvalue weighted by molar-refractivity contribution is 0.0894. The summed E-state index contributed by atoms with van der Waals surface area (Å²) in [5.41, 5.74) is 5.74. The SMILES string of the molecule is Cc1ccc(C(=O)NC(CN)C2CCCC2)o1. The van der Waals surface area contributed by atoms with E-state index in [-0.39, 0.29) is 11.9 Å². The Morgan fingerprint density at radius 2 is 2.24 bits per heavy atom. The number of hydrogen-bond acceptors (Lipinski definition) is 3. The van der Waals surface area contributed by atoms with E-state index in [1.807, 2.05) is 6.92 Å². The van der Waals surface area contributed by atoms with Gasteiger partial charge in [0.1, 0.15) is 5.76 Å². The largest absolute Gasteiger partial charge is 0.456 e. The van der Waals surface area contributed by atoms with Crippen molar-refractivity contribution in [1.29, 1.82) is 0 Å². The zero-order valence-corrected chi connectivity index (χ0v) is 10.2. The molecule has 0 aromatic carbocycles. The molecule has 1 aliphatic carbocycles. The molecular weight excluding hydrogens is 216 g/mol. The summed E-state index contributed by atoms with van der Waals surface area (Å²) < 4.78 is 5.30. The van der Waals surface area contributed by atoms with Gasteiger partial charge in [0, 0.05) is 12.6 Å². The number of furan rings is 1. The van der Waals surface area contributed by atoms with Gasteiger partial charge in [-0.15, -0.1) is 0 Å². The first kappa shape index (κ1) is 12.2. The summed E-state index contributed by atoms with van der Waals surface area (Å²) in [4.78, 5) is 11.9. The van der Waals surface area contributed by atoms with Crippen LogP contribution in [0.3, 0.4) is 0 Å². The second-order valence-corrected chi connectivity index (χ2v) is 4.77. The standard InChI is InChI=1S/C13H20N2O2/c1-9-6-7-12(17-9)13(16)15-11(8-14)10-4-2-3-5-10/h6-7,10-11H,2-5,8,14H2,1H3,(H,15,16). The van der Waals surface area contributed by atoms with Crippen molar-refractivity contribution in [2.45, 2.75) is 38.6 Å². The van der Waals surface area contributed by atoms with E-state index in [0.717, 1.165) is 5.76 Å². The summed E-state index contributed by atoms with van der Waals surface area (Å²) >= 11 is 0. The highest BCUT2D eigenvalue weighted by Crippen LogP contribution is 2.27. The maximum atomic E-state index is 11.9. The van der Waals surface area contributed by atoms with E-state index in [1.165, 1.54) is 25.7 Å². The Balaban J connectivity index is 1.96. The molecule has 0 radical (unpaired) electrons. The van der Waals surface area contributed by atoms with Crippen LogP contribution in [-0.2, 0) is 0 Å². The quantitative estimate of drug-likeness (QED) is 0.838. The minimum absolute atomic E-state index is 0.0791. The van der Waals surface area contributed by atoms with E-state index in [1.54, 1.807) is 12.1 Å². The number of carbonyl (C=O) groups excluding carboxylic acids is 1. The third kappa shape index (κ3) is 2.88. The van der Waals surface area contributed by atoms with E-state index in [0.29, 0.717) is 18.2 Å². The number of amides is 1. The Hall–Kier alpha value is -1.29. The molecule has 1 unspecified atom stereocenters. The molecule has 1 atom stereocenters. The van der Waals surface area contributed by atoms with E-state index in [2.05, 4.69) is 5.32 Å². The molecule has 1 amide bonds. The fourth-order valence-electron chi connectivity index (χ4n) is 2.53. The fraction of sp³-hybridized carbons (Fsp3) is 0.615. The Morgan fingerprint density at radius 1 is 1.53 bits per heavy atom. The molecule has 4 heteroatoms. The van der Waals surface area contributed by atoms with Crippen molar-refractivity contribution in [3.63, 3.8) is 0 Å². The van der Waals surface area contributed by atoms with Crippen LogP contribution in [0.1, 0.15) is 42.0 Å². The molecule has 2 rings (SSSR count). The maximum Gasteiger partial charge on any atom is 0.287 e. The first-order valence-corrected chi connectivity index (χ1v) is 6.28. The van der Waals surface area contributed by atoms with Gasteiger partial charge in [0.25, 0.3) is 5.91 Å². The predicted molar refractivity (Wildman–Crippen MR) is 65.7 cm³/mol. The highest BCUT2D eigenvalue weighted by molar-refractivity contribution is 5.91. The molecule has 3 N–H and O–H groups in total.